The molecule has 6 heteroatoms. The van der Waals surface area contributed by atoms with Crippen LogP contribution in [0.3, 0.4) is 0 Å². The van der Waals surface area contributed by atoms with Gasteiger partial charge in [-0.25, -0.2) is 0 Å². The molecule has 0 atom stereocenters. The van der Waals surface area contributed by atoms with Gasteiger partial charge in [0, 0.05) is 10.6 Å². The molecule has 0 saturated carbocycles. The van der Waals surface area contributed by atoms with Gasteiger partial charge in [-0.1, -0.05) is 67.6 Å². The van der Waals surface area contributed by atoms with Crippen molar-refractivity contribution in [3.05, 3.63) is 88.9 Å². The van der Waals surface area contributed by atoms with Crippen LogP contribution in [0.15, 0.2) is 72.8 Å². The third-order valence-corrected chi connectivity index (χ3v) is 6.67. The van der Waals surface area contributed by atoms with Gasteiger partial charge in [0.25, 0.3) is 0 Å². The summed E-state index contributed by atoms with van der Waals surface area (Å²) in [5, 5.41) is 0.712. The fourth-order valence-corrected chi connectivity index (χ4v) is 4.16. The molecule has 0 N–H and O–H groups in total. The highest BCUT2D eigenvalue weighted by Gasteiger charge is 2.12. The van der Waals surface area contributed by atoms with Crippen LogP contribution in [0.2, 0.25) is 5.02 Å². The molecule has 0 aliphatic heterocycles. The zero-order chi connectivity index (χ0) is 27.2. The molecule has 0 aliphatic carbocycles. The molecular formula is C32H41ClNO4+. The molecule has 0 heterocycles. The van der Waals surface area contributed by atoms with E-state index >= 15 is 0 Å². The number of carbonyl (C=O) groups is 1. The average molecular weight is 539 g/mol. The van der Waals surface area contributed by atoms with Crippen molar-refractivity contribution in [1.82, 2.24) is 4.48 Å². The van der Waals surface area contributed by atoms with Gasteiger partial charge in [-0.05, 0) is 60.9 Å². The van der Waals surface area contributed by atoms with E-state index in [0.717, 1.165) is 65.6 Å². The van der Waals surface area contributed by atoms with Crippen molar-refractivity contribution in [3.8, 4) is 11.5 Å². The number of benzene rings is 3. The van der Waals surface area contributed by atoms with Gasteiger partial charge in [0.2, 0.25) is 0 Å². The molecule has 0 bridgehead atoms. The van der Waals surface area contributed by atoms with Gasteiger partial charge in [0.1, 0.15) is 23.8 Å². The maximum atomic E-state index is 12.1. The summed E-state index contributed by atoms with van der Waals surface area (Å²) in [5.74, 6) is 1.48. The van der Waals surface area contributed by atoms with Gasteiger partial charge in [-0.2, -0.15) is 0 Å². The van der Waals surface area contributed by atoms with Gasteiger partial charge < -0.3 is 14.2 Å². The maximum Gasteiger partial charge on any atom is 0.310 e. The molecule has 3 aromatic rings. The van der Waals surface area contributed by atoms with E-state index in [-0.39, 0.29) is 5.97 Å². The number of carbonyl (C=O) groups excluding carboxylic acids is 1. The number of unbranched alkanes of at least 4 members (excludes halogenated alkanes) is 5. The van der Waals surface area contributed by atoms with E-state index in [1.54, 1.807) is 0 Å². The van der Waals surface area contributed by atoms with Gasteiger partial charge in [0.15, 0.2) is 0 Å². The quantitative estimate of drug-likeness (QED) is 0.107. The van der Waals surface area contributed by atoms with E-state index in [4.69, 9.17) is 25.8 Å². The minimum atomic E-state index is -0.152. The second-order valence-corrected chi connectivity index (χ2v) is 10.8. The van der Waals surface area contributed by atoms with Crippen LogP contribution in [0.5, 0.6) is 11.5 Å². The average Bonchev–Trinajstić information content (AvgIpc) is 2.90. The topological polar surface area (TPSA) is 44.8 Å². The van der Waals surface area contributed by atoms with E-state index in [9.17, 15) is 4.79 Å². The first kappa shape index (κ1) is 29.5. The van der Waals surface area contributed by atoms with Gasteiger partial charge in [-0.3, -0.25) is 9.28 Å². The van der Waals surface area contributed by atoms with E-state index in [1.807, 2.05) is 60.7 Å². The minimum Gasteiger partial charge on any atom is -0.494 e. The Morgan fingerprint density at radius 1 is 0.711 bits per heavy atom. The van der Waals surface area contributed by atoms with E-state index in [0.29, 0.717) is 31.3 Å². The summed E-state index contributed by atoms with van der Waals surface area (Å²) in [5.41, 5.74) is 3.17. The van der Waals surface area contributed by atoms with Crippen LogP contribution in [0.1, 0.15) is 49.7 Å². The number of hydrogen-bond donors (Lipinski definition) is 0. The van der Waals surface area contributed by atoms with Crippen LogP contribution in [-0.2, 0) is 22.6 Å². The Labute approximate surface area is 232 Å². The third-order valence-electron chi connectivity index (χ3n) is 6.31. The van der Waals surface area contributed by atoms with Crippen molar-refractivity contribution < 1.29 is 19.0 Å². The summed E-state index contributed by atoms with van der Waals surface area (Å²) in [4.78, 5) is 12.1. The van der Waals surface area contributed by atoms with Crippen LogP contribution < -0.4 is 14.0 Å². The van der Waals surface area contributed by atoms with Crippen LogP contribution in [0.4, 0.5) is 5.69 Å². The lowest BCUT2D eigenvalue weighted by molar-refractivity contribution is -0.142. The van der Waals surface area contributed by atoms with Crippen molar-refractivity contribution in [1.29, 1.82) is 0 Å². The van der Waals surface area contributed by atoms with Crippen LogP contribution in [0, 0.1) is 0 Å². The minimum absolute atomic E-state index is 0.152. The van der Waals surface area contributed by atoms with Gasteiger partial charge >= 0.3 is 5.97 Å². The molecule has 3 aromatic carbocycles. The summed E-state index contributed by atoms with van der Waals surface area (Å²) in [6.07, 6.45) is 6.76. The molecule has 0 radical (unpaired) electrons. The molecule has 0 spiro atoms. The van der Waals surface area contributed by atoms with E-state index in [1.165, 1.54) is 5.69 Å². The highest BCUT2D eigenvalue weighted by Crippen LogP contribution is 2.22. The molecule has 38 heavy (non-hydrogen) atoms. The van der Waals surface area contributed by atoms with Crippen LogP contribution in [-0.4, -0.2) is 40.3 Å². The SMILES string of the molecule is C[N+](C)(C)c1ccc(CC(=O)OCCCCCCCCOc2ccc(OCc3ccccc3Cl)cc2)cc1. The number of esters is 1. The molecular weight excluding hydrogens is 498 g/mol. The maximum absolute atomic E-state index is 12.1. The van der Waals surface area contributed by atoms with E-state index < -0.39 is 0 Å². The Hall–Kier alpha value is -3.02. The van der Waals surface area contributed by atoms with Crippen LogP contribution >= 0.6 is 11.6 Å². The standard InChI is InChI=1S/C32H41ClNO4/c1-34(2,3)28-16-14-26(15-17-28)24-32(35)37-23-11-7-5-4-6-10-22-36-29-18-20-30(21-19-29)38-25-27-12-8-9-13-31(27)33/h8-9,12-21H,4-7,10-11,22-25H2,1-3H3/q+1. The third kappa shape index (κ3) is 10.8. The Morgan fingerprint density at radius 3 is 1.92 bits per heavy atom. The lowest BCUT2D eigenvalue weighted by Crippen LogP contribution is -2.34. The Morgan fingerprint density at radius 2 is 1.29 bits per heavy atom. The smallest absolute Gasteiger partial charge is 0.310 e. The van der Waals surface area contributed by atoms with Crippen molar-refractivity contribution >= 4 is 23.3 Å². The summed E-state index contributed by atoms with van der Waals surface area (Å²) in [6.45, 7) is 1.64. The van der Waals surface area contributed by atoms with Crippen molar-refractivity contribution in [2.75, 3.05) is 34.4 Å². The Kier molecular flexibility index (Phi) is 12.0. The summed E-state index contributed by atoms with van der Waals surface area (Å²) in [7, 11) is 6.37. The normalized spacial score (nSPS) is 11.3. The highest BCUT2D eigenvalue weighted by atomic mass is 35.5. The molecule has 0 amide bonds. The van der Waals surface area contributed by atoms with Crippen molar-refractivity contribution in [3.63, 3.8) is 0 Å². The predicted octanol–water partition coefficient (Wildman–Crippen LogP) is 7.62. The second-order valence-electron chi connectivity index (χ2n) is 10.4. The molecule has 5 nitrogen and oxygen atoms in total. The monoisotopic (exact) mass is 538 g/mol. The number of nitrogens with zero attached hydrogens (tertiary/aromatic N) is 1. The lowest BCUT2D eigenvalue weighted by Gasteiger charge is -2.23. The Balaban J connectivity index is 1.17. The largest absolute Gasteiger partial charge is 0.494 e. The molecule has 0 unspecified atom stereocenters. The Bertz CT molecular complexity index is 1110. The molecule has 0 aromatic heterocycles. The molecule has 0 saturated heterocycles. The molecule has 0 aliphatic rings. The number of halogens is 1. The summed E-state index contributed by atoms with van der Waals surface area (Å²) >= 11 is 6.17. The van der Waals surface area contributed by atoms with Gasteiger partial charge in [-0.15, -0.1) is 0 Å². The summed E-state index contributed by atoms with van der Waals surface area (Å²) < 4.78 is 17.8. The molecule has 204 valence electrons. The number of rotatable bonds is 16. The predicted molar refractivity (Wildman–Crippen MR) is 156 cm³/mol. The number of ether oxygens (including phenoxy) is 3. The van der Waals surface area contributed by atoms with Crippen molar-refractivity contribution in [2.45, 2.75) is 51.6 Å². The molecule has 0 fully saturated rings. The van der Waals surface area contributed by atoms with Gasteiger partial charge in [0.05, 0.1) is 40.8 Å². The van der Waals surface area contributed by atoms with Crippen molar-refractivity contribution in [2.24, 2.45) is 0 Å². The highest BCUT2D eigenvalue weighted by molar-refractivity contribution is 6.31. The number of quaternary nitrogens is 1. The first-order valence-corrected chi connectivity index (χ1v) is 13.8. The summed E-state index contributed by atoms with van der Waals surface area (Å²) in [6, 6.07) is 23.6. The van der Waals surface area contributed by atoms with E-state index in [2.05, 4.69) is 33.3 Å². The zero-order valence-corrected chi connectivity index (χ0v) is 23.7. The number of hydrogen-bond acceptors (Lipinski definition) is 4. The molecule has 3 rings (SSSR count). The lowest BCUT2D eigenvalue weighted by atomic mass is 10.1. The fraction of sp³-hybridized carbons (Fsp3) is 0.406. The van der Waals surface area contributed by atoms with Crippen LogP contribution in [0.25, 0.3) is 0 Å². The first-order chi connectivity index (χ1) is 18.3. The first-order valence-electron chi connectivity index (χ1n) is 13.5. The second kappa shape index (κ2) is 15.4. The zero-order valence-electron chi connectivity index (χ0n) is 23.0. The fourth-order valence-electron chi connectivity index (χ4n) is 3.97.